The lowest BCUT2D eigenvalue weighted by Gasteiger charge is -2.18. The molecule has 0 aliphatic heterocycles. The predicted molar refractivity (Wildman–Crippen MR) is 54.4 cm³/mol. The van der Waals surface area contributed by atoms with Gasteiger partial charge in [-0.15, -0.1) is 0 Å². The Morgan fingerprint density at radius 2 is 2.20 bits per heavy atom. The van der Waals surface area contributed by atoms with Gasteiger partial charge < -0.3 is 10.0 Å². The van der Waals surface area contributed by atoms with E-state index in [1.54, 1.807) is 0 Å². The molecule has 84 valence electrons. The molecule has 1 rings (SSSR count). The molecule has 1 aromatic heterocycles. The summed E-state index contributed by atoms with van der Waals surface area (Å²) in [6.07, 6.45) is -2.43. The lowest BCUT2D eigenvalue weighted by atomic mass is 10.3. The molecule has 0 unspecified atom stereocenters. The minimum absolute atomic E-state index is 0.287. The van der Waals surface area contributed by atoms with Gasteiger partial charge in [-0.25, -0.2) is 13.8 Å². The number of halogens is 3. The Labute approximate surface area is 91.3 Å². The number of aromatic nitrogens is 1. The van der Waals surface area contributed by atoms with E-state index in [0.717, 1.165) is 0 Å². The van der Waals surface area contributed by atoms with Crippen molar-refractivity contribution in [2.45, 2.75) is 13.0 Å². The molecule has 0 aromatic carbocycles. The van der Waals surface area contributed by atoms with Crippen LogP contribution >= 0.6 is 11.6 Å². The lowest BCUT2D eigenvalue weighted by molar-refractivity contribution is 0.156. The molecule has 0 amide bonds. The second kappa shape index (κ2) is 5.23. The fourth-order valence-electron chi connectivity index (χ4n) is 1.10. The van der Waals surface area contributed by atoms with Crippen molar-refractivity contribution in [1.82, 2.24) is 4.98 Å². The van der Waals surface area contributed by atoms with E-state index in [4.69, 9.17) is 16.7 Å². The highest BCUT2D eigenvalue weighted by molar-refractivity contribution is 6.31. The number of pyridine rings is 1. The van der Waals surface area contributed by atoms with Crippen molar-refractivity contribution >= 4 is 17.4 Å². The summed E-state index contributed by atoms with van der Waals surface area (Å²) in [5.41, 5.74) is 0.287. The first kappa shape index (κ1) is 12.1. The molecule has 0 aliphatic rings. The van der Waals surface area contributed by atoms with E-state index in [2.05, 4.69) is 4.98 Å². The molecule has 3 nitrogen and oxygen atoms in total. The molecular formula is C9H11ClF2N2O. The smallest absolute Gasteiger partial charge is 0.255 e. The second-order valence-electron chi connectivity index (χ2n) is 3.03. The summed E-state index contributed by atoms with van der Waals surface area (Å²) >= 11 is 5.72. The van der Waals surface area contributed by atoms with Crippen LogP contribution < -0.4 is 4.90 Å². The van der Waals surface area contributed by atoms with E-state index in [1.165, 1.54) is 24.1 Å². The normalized spacial score (nSPS) is 10.8. The van der Waals surface area contributed by atoms with Gasteiger partial charge in [0.15, 0.2) is 0 Å². The zero-order valence-electron chi connectivity index (χ0n) is 8.12. The fourth-order valence-corrected chi connectivity index (χ4v) is 1.26. The third-order valence-electron chi connectivity index (χ3n) is 1.86. The highest BCUT2D eigenvalue weighted by Crippen LogP contribution is 2.19. The number of aliphatic hydroxyl groups is 1. The molecular weight excluding hydrogens is 226 g/mol. The summed E-state index contributed by atoms with van der Waals surface area (Å²) in [6.45, 7) is -0.714. The van der Waals surface area contributed by atoms with Gasteiger partial charge in [0, 0.05) is 7.05 Å². The van der Waals surface area contributed by atoms with E-state index in [-0.39, 0.29) is 12.3 Å². The molecule has 1 aromatic rings. The highest BCUT2D eigenvalue weighted by atomic mass is 35.5. The van der Waals surface area contributed by atoms with Gasteiger partial charge in [0.2, 0.25) is 0 Å². The van der Waals surface area contributed by atoms with Crippen LogP contribution in [0.15, 0.2) is 12.1 Å². The molecule has 0 saturated carbocycles. The molecule has 0 saturated heterocycles. The maximum Gasteiger partial charge on any atom is 0.255 e. The summed E-state index contributed by atoms with van der Waals surface area (Å²) in [7, 11) is 1.50. The zero-order chi connectivity index (χ0) is 11.4. The Balaban J connectivity index is 2.85. The van der Waals surface area contributed by atoms with E-state index in [1.807, 2.05) is 0 Å². The Kier molecular flexibility index (Phi) is 4.23. The van der Waals surface area contributed by atoms with Gasteiger partial charge in [0.25, 0.3) is 6.43 Å². The van der Waals surface area contributed by atoms with Gasteiger partial charge in [-0.3, -0.25) is 0 Å². The number of rotatable bonds is 4. The van der Waals surface area contributed by atoms with Crippen LogP contribution in [0.3, 0.4) is 0 Å². The van der Waals surface area contributed by atoms with Crippen LogP contribution in [0.25, 0.3) is 0 Å². The Morgan fingerprint density at radius 3 is 2.73 bits per heavy atom. The molecule has 0 spiro atoms. The topological polar surface area (TPSA) is 36.4 Å². The Hall–Kier alpha value is -0.940. The van der Waals surface area contributed by atoms with Crippen LogP contribution in [-0.4, -0.2) is 30.1 Å². The van der Waals surface area contributed by atoms with Crippen molar-refractivity contribution in [3.8, 4) is 0 Å². The van der Waals surface area contributed by atoms with E-state index in [0.29, 0.717) is 10.8 Å². The average Bonchev–Trinajstić information content (AvgIpc) is 2.17. The molecule has 15 heavy (non-hydrogen) atoms. The summed E-state index contributed by atoms with van der Waals surface area (Å²) in [5, 5.41) is 9.22. The van der Waals surface area contributed by atoms with Crippen molar-refractivity contribution in [1.29, 1.82) is 0 Å². The number of nitrogens with zero attached hydrogens (tertiary/aromatic N) is 2. The van der Waals surface area contributed by atoms with Crippen molar-refractivity contribution in [2.24, 2.45) is 0 Å². The van der Waals surface area contributed by atoms with Crippen molar-refractivity contribution in [3.63, 3.8) is 0 Å². The van der Waals surface area contributed by atoms with E-state index in [9.17, 15) is 8.78 Å². The second-order valence-corrected chi connectivity index (χ2v) is 3.43. The standard InChI is InChI=1S/C9H11ClF2N2O/c1-14(4-8(11)12)9-3-2-6(10)7(5-15)13-9/h2-3,8,15H,4-5H2,1H3. The summed E-state index contributed by atoms with van der Waals surface area (Å²) in [5.74, 6) is 0.365. The van der Waals surface area contributed by atoms with E-state index >= 15 is 0 Å². The Bertz CT molecular complexity index is 336. The van der Waals surface area contributed by atoms with Crippen LogP contribution in [0.4, 0.5) is 14.6 Å². The molecule has 1 heterocycles. The van der Waals surface area contributed by atoms with Crippen molar-refractivity contribution < 1.29 is 13.9 Å². The fraction of sp³-hybridized carbons (Fsp3) is 0.444. The van der Waals surface area contributed by atoms with Crippen LogP contribution in [0.2, 0.25) is 5.02 Å². The molecule has 0 radical (unpaired) electrons. The SMILES string of the molecule is CN(CC(F)F)c1ccc(Cl)c(CO)n1. The summed E-state index contributed by atoms with van der Waals surface area (Å²) < 4.78 is 24.2. The first-order valence-electron chi connectivity index (χ1n) is 4.30. The number of aliphatic hydroxyl groups excluding tert-OH is 1. The third kappa shape index (κ3) is 3.28. The number of hydrogen-bond donors (Lipinski definition) is 1. The quantitative estimate of drug-likeness (QED) is 0.868. The van der Waals surface area contributed by atoms with E-state index < -0.39 is 13.0 Å². The molecule has 0 bridgehead atoms. The van der Waals surface area contributed by atoms with Gasteiger partial charge in [0.1, 0.15) is 5.82 Å². The predicted octanol–water partition coefficient (Wildman–Crippen LogP) is 1.93. The van der Waals surface area contributed by atoms with Crippen LogP contribution in [0.5, 0.6) is 0 Å². The average molecular weight is 237 g/mol. The minimum atomic E-state index is -2.43. The van der Waals surface area contributed by atoms with Gasteiger partial charge in [-0.1, -0.05) is 11.6 Å². The minimum Gasteiger partial charge on any atom is -0.390 e. The monoisotopic (exact) mass is 236 g/mol. The Morgan fingerprint density at radius 1 is 1.53 bits per heavy atom. The van der Waals surface area contributed by atoms with Crippen LogP contribution in [0.1, 0.15) is 5.69 Å². The van der Waals surface area contributed by atoms with Crippen molar-refractivity contribution in [2.75, 3.05) is 18.5 Å². The molecule has 1 N–H and O–H groups in total. The third-order valence-corrected chi connectivity index (χ3v) is 2.20. The number of hydrogen-bond acceptors (Lipinski definition) is 3. The zero-order valence-corrected chi connectivity index (χ0v) is 8.88. The first-order chi connectivity index (χ1) is 7.04. The molecule has 6 heteroatoms. The largest absolute Gasteiger partial charge is 0.390 e. The van der Waals surface area contributed by atoms with Gasteiger partial charge in [-0.05, 0) is 12.1 Å². The van der Waals surface area contributed by atoms with Crippen LogP contribution in [-0.2, 0) is 6.61 Å². The lowest BCUT2D eigenvalue weighted by Crippen LogP contribution is -2.25. The number of anilines is 1. The maximum atomic E-state index is 12.1. The van der Waals surface area contributed by atoms with Gasteiger partial charge >= 0.3 is 0 Å². The maximum absolute atomic E-state index is 12.1. The highest BCUT2D eigenvalue weighted by Gasteiger charge is 2.11. The summed E-state index contributed by atoms with van der Waals surface area (Å²) in [6, 6.07) is 3.06. The molecule has 0 atom stereocenters. The van der Waals surface area contributed by atoms with Crippen LogP contribution in [0, 0.1) is 0 Å². The molecule has 0 fully saturated rings. The van der Waals surface area contributed by atoms with Gasteiger partial charge in [0.05, 0.1) is 23.9 Å². The van der Waals surface area contributed by atoms with Gasteiger partial charge in [-0.2, -0.15) is 0 Å². The molecule has 0 aliphatic carbocycles. The number of alkyl halides is 2. The first-order valence-corrected chi connectivity index (χ1v) is 4.68. The summed E-state index contributed by atoms with van der Waals surface area (Å²) in [4.78, 5) is 5.26. The van der Waals surface area contributed by atoms with Crippen molar-refractivity contribution in [3.05, 3.63) is 22.8 Å².